The number of oxime groups is 1. The molecular formula is C14H25N5O. The highest BCUT2D eigenvalue weighted by Crippen LogP contribution is 2.28. The summed E-state index contributed by atoms with van der Waals surface area (Å²) in [5.74, 6) is 1.91. The summed E-state index contributed by atoms with van der Waals surface area (Å²) in [7, 11) is 1.92. The SMILES string of the molecule is CCC1CCCN(c2c(C(N)=NO)c(C)nn2C)CC1. The van der Waals surface area contributed by atoms with Crippen LogP contribution in [0.5, 0.6) is 0 Å². The van der Waals surface area contributed by atoms with E-state index >= 15 is 0 Å². The van der Waals surface area contributed by atoms with Crippen molar-refractivity contribution in [3.63, 3.8) is 0 Å². The van der Waals surface area contributed by atoms with E-state index in [2.05, 4.69) is 22.1 Å². The van der Waals surface area contributed by atoms with Crippen molar-refractivity contribution in [3.05, 3.63) is 11.3 Å². The van der Waals surface area contributed by atoms with Crippen LogP contribution in [0, 0.1) is 12.8 Å². The molecule has 0 aromatic carbocycles. The van der Waals surface area contributed by atoms with Crippen LogP contribution >= 0.6 is 0 Å². The van der Waals surface area contributed by atoms with Gasteiger partial charge in [-0.05, 0) is 32.1 Å². The van der Waals surface area contributed by atoms with Crippen molar-refractivity contribution in [2.75, 3.05) is 18.0 Å². The molecule has 3 N–H and O–H groups in total. The van der Waals surface area contributed by atoms with Gasteiger partial charge in [0.2, 0.25) is 0 Å². The number of rotatable bonds is 3. The minimum atomic E-state index is 0.141. The zero-order valence-electron chi connectivity index (χ0n) is 12.6. The quantitative estimate of drug-likeness (QED) is 0.383. The first-order valence-corrected chi connectivity index (χ1v) is 7.34. The van der Waals surface area contributed by atoms with Gasteiger partial charge in [-0.3, -0.25) is 4.68 Å². The molecule has 0 aliphatic carbocycles. The summed E-state index contributed by atoms with van der Waals surface area (Å²) >= 11 is 0. The Bertz CT molecular complexity index is 494. The van der Waals surface area contributed by atoms with Crippen molar-refractivity contribution < 1.29 is 5.21 Å². The molecule has 0 amide bonds. The monoisotopic (exact) mass is 279 g/mol. The Kier molecular flexibility index (Phi) is 4.52. The third kappa shape index (κ3) is 2.73. The third-order valence-electron chi connectivity index (χ3n) is 4.28. The van der Waals surface area contributed by atoms with Gasteiger partial charge >= 0.3 is 0 Å². The smallest absolute Gasteiger partial charge is 0.175 e. The van der Waals surface area contributed by atoms with E-state index in [1.807, 2.05) is 18.7 Å². The van der Waals surface area contributed by atoms with E-state index in [0.717, 1.165) is 36.1 Å². The molecule has 2 rings (SSSR count). The molecule has 1 atom stereocenters. The van der Waals surface area contributed by atoms with E-state index in [1.165, 1.54) is 25.7 Å². The van der Waals surface area contributed by atoms with Crippen LogP contribution in [0.25, 0.3) is 0 Å². The summed E-state index contributed by atoms with van der Waals surface area (Å²) in [6.45, 7) is 6.16. The summed E-state index contributed by atoms with van der Waals surface area (Å²) in [5, 5.41) is 16.6. The number of nitrogens with two attached hydrogens (primary N) is 1. The van der Waals surface area contributed by atoms with Crippen LogP contribution < -0.4 is 10.6 Å². The molecular weight excluding hydrogens is 254 g/mol. The first-order chi connectivity index (χ1) is 9.58. The van der Waals surface area contributed by atoms with Gasteiger partial charge in [-0.15, -0.1) is 0 Å². The summed E-state index contributed by atoms with van der Waals surface area (Å²) in [6, 6.07) is 0. The van der Waals surface area contributed by atoms with Gasteiger partial charge in [0.05, 0.1) is 11.3 Å². The van der Waals surface area contributed by atoms with Crippen LogP contribution in [-0.2, 0) is 7.05 Å². The summed E-state index contributed by atoms with van der Waals surface area (Å²) in [6.07, 6.45) is 4.89. The van der Waals surface area contributed by atoms with Crippen LogP contribution in [-0.4, -0.2) is 33.9 Å². The second-order valence-electron chi connectivity index (χ2n) is 5.59. The van der Waals surface area contributed by atoms with Gasteiger partial charge in [0, 0.05) is 20.1 Å². The summed E-state index contributed by atoms with van der Waals surface area (Å²) in [5.41, 5.74) is 7.38. The average Bonchev–Trinajstić information content (AvgIpc) is 2.63. The molecule has 0 spiro atoms. The molecule has 1 aliphatic heterocycles. The highest BCUT2D eigenvalue weighted by molar-refractivity contribution is 6.02. The minimum absolute atomic E-state index is 0.141. The first-order valence-electron chi connectivity index (χ1n) is 7.34. The molecule has 1 saturated heterocycles. The Balaban J connectivity index is 2.32. The Morgan fingerprint density at radius 1 is 1.45 bits per heavy atom. The standard InChI is InChI=1S/C14H25N5O/c1-4-11-6-5-8-19(9-7-11)14-12(13(15)17-20)10(2)16-18(14)3/h11,20H,4-9H2,1-3H3,(H2,15,17). The molecule has 0 bridgehead atoms. The van der Waals surface area contributed by atoms with E-state index in [1.54, 1.807) is 0 Å². The topological polar surface area (TPSA) is 79.7 Å². The van der Waals surface area contributed by atoms with E-state index in [9.17, 15) is 0 Å². The normalized spacial score (nSPS) is 21.1. The lowest BCUT2D eigenvalue weighted by Crippen LogP contribution is -2.29. The maximum absolute atomic E-state index is 8.99. The van der Waals surface area contributed by atoms with E-state index in [-0.39, 0.29) is 5.84 Å². The van der Waals surface area contributed by atoms with Gasteiger partial charge < -0.3 is 15.8 Å². The number of anilines is 1. The second kappa shape index (κ2) is 6.15. The van der Waals surface area contributed by atoms with Crippen molar-refractivity contribution >= 4 is 11.7 Å². The fourth-order valence-electron chi connectivity index (χ4n) is 3.14. The maximum atomic E-state index is 8.99. The summed E-state index contributed by atoms with van der Waals surface area (Å²) in [4.78, 5) is 2.32. The zero-order chi connectivity index (χ0) is 14.7. The molecule has 1 aliphatic rings. The van der Waals surface area contributed by atoms with Crippen LogP contribution in [0.1, 0.15) is 43.9 Å². The van der Waals surface area contributed by atoms with Gasteiger partial charge in [0.15, 0.2) is 5.84 Å². The lowest BCUT2D eigenvalue weighted by Gasteiger charge is -2.24. The Hall–Kier alpha value is -1.72. The van der Waals surface area contributed by atoms with E-state index < -0.39 is 0 Å². The Labute approximate surface area is 120 Å². The summed E-state index contributed by atoms with van der Waals surface area (Å²) < 4.78 is 1.84. The average molecular weight is 279 g/mol. The highest BCUT2D eigenvalue weighted by atomic mass is 16.4. The van der Waals surface area contributed by atoms with Gasteiger partial charge in [0.25, 0.3) is 0 Å². The molecule has 1 aromatic heterocycles. The van der Waals surface area contributed by atoms with Gasteiger partial charge in [0.1, 0.15) is 5.82 Å². The predicted octanol–water partition coefficient (Wildman–Crippen LogP) is 1.84. The lowest BCUT2D eigenvalue weighted by atomic mass is 9.98. The van der Waals surface area contributed by atoms with Crippen molar-refractivity contribution in [2.24, 2.45) is 23.9 Å². The Morgan fingerprint density at radius 3 is 2.85 bits per heavy atom. The van der Waals surface area contributed by atoms with Crippen molar-refractivity contribution in [1.29, 1.82) is 0 Å². The van der Waals surface area contributed by atoms with Crippen molar-refractivity contribution in [3.8, 4) is 0 Å². The fraction of sp³-hybridized carbons (Fsp3) is 0.714. The van der Waals surface area contributed by atoms with E-state index in [0.29, 0.717) is 0 Å². The molecule has 6 nitrogen and oxygen atoms in total. The fourth-order valence-corrected chi connectivity index (χ4v) is 3.14. The zero-order valence-corrected chi connectivity index (χ0v) is 12.6. The van der Waals surface area contributed by atoms with Gasteiger partial charge in [-0.25, -0.2) is 0 Å². The second-order valence-corrected chi connectivity index (χ2v) is 5.59. The molecule has 2 heterocycles. The molecule has 1 fully saturated rings. The first kappa shape index (κ1) is 14.7. The number of amidine groups is 1. The molecule has 6 heteroatoms. The van der Waals surface area contributed by atoms with Crippen molar-refractivity contribution in [2.45, 2.75) is 39.5 Å². The molecule has 112 valence electrons. The van der Waals surface area contributed by atoms with Crippen LogP contribution in [0.2, 0.25) is 0 Å². The van der Waals surface area contributed by atoms with Crippen LogP contribution in [0.15, 0.2) is 5.16 Å². The number of aromatic nitrogens is 2. The molecule has 20 heavy (non-hydrogen) atoms. The van der Waals surface area contributed by atoms with Crippen LogP contribution in [0.3, 0.4) is 0 Å². The maximum Gasteiger partial charge on any atom is 0.175 e. The van der Waals surface area contributed by atoms with Gasteiger partial charge in [-0.1, -0.05) is 18.5 Å². The third-order valence-corrected chi connectivity index (χ3v) is 4.28. The highest BCUT2D eigenvalue weighted by Gasteiger charge is 2.24. The minimum Gasteiger partial charge on any atom is -0.409 e. The number of aryl methyl sites for hydroxylation is 2. The van der Waals surface area contributed by atoms with Gasteiger partial charge in [-0.2, -0.15) is 5.10 Å². The number of nitrogens with zero attached hydrogens (tertiary/aromatic N) is 4. The predicted molar refractivity (Wildman–Crippen MR) is 80.3 cm³/mol. The Morgan fingerprint density at radius 2 is 2.20 bits per heavy atom. The molecule has 0 radical (unpaired) electrons. The number of hydrogen-bond acceptors (Lipinski definition) is 4. The molecule has 1 aromatic rings. The van der Waals surface area contributed by atoms with E-state index in [4.69, 9.17) is 10.9 Å². The molecule has 1 unspecified atom stereocenters. The lowest BCUT2D eigenvalue weighted by molar-refractivity contribution is 0.318. The van der Waals surface area contributed by atoms with Crippen LogP contribution in [0.4, 0.5) is 5.82 Å². The largest absolute Gasteiger partial charge is 0.409 e. The number of hydrogen-bond donors (Lipinski definition) is 2. The molecule has 0 saturated carbocycles. The van der Waals surface area contributed by atoms with Crippen molar-refractivity contribution in [1.82, 2.24) is 9.78 Å².